The molecule has 1 aliphatic heterocycles. The van der Waals surface area contributed by atoms with Crippen molar-refractivity contribution in [2.24, 2.45) is 5.92 Å². The number of urea groups is 1. The average Bonchev–Trinajstić information content (AvgIpc) is 2.36. The van der Waals surface area contributed by atoms with Crippen molar-refractivity contribution in [3.05, 3.63) is 29.6 Å². The van der Waals surface area contributed by atoms with E-state index in [9.17, 15) is 22.4 Å². The molecule has 0 aromatic heterocycles. The van der Waals surface area contributed by atoms with Crippen molar-refractivity contribution < 1.29 is 22.4 Å². The maximum absolute atomic E-state index is 13.7. The number of anilines is 1. The van der Waals surface area contributed by atoms with Crippen LogP contribution in [-0.2, 0) is 5.54 Å². The van der Waals surface area contributed by atoms with Crippen LogP contribution < -0.4 is 10.2 Å². The summed E-state index contributed by atoms with van der Waals surface area (Å²) in [7, 11) is 0. The third-order valence-electron chi connectivity index (χ3n) is 3.57. The molecule has 2 amide bonds. The van der Waals surface area contributed by atoms with Gasteiger partial charge in [0.25, 0.3) is 0 Å². The highest BCUT2D eigenvalue weighted by molar-refractivity contribution is 5.99. The standard InChI is InChI=1S/C14H12F4N2O/c1-4-20-11-6-5-9(15)7-10(11)13(8(2)3,14(16,17)18)19-12(20)21/h1,5-8H,2-3H3,(H,19,21). The van der Waals surface area contributed by atoms with Gasteiger partial charge >= 0.3 is 12.2 Å². The molecule has 0 saturated heterocycles. The lowest BCUT2D eigenvalue weighted by atomic mass is 9.77. The predicted octanol–water partition coefficient (Wildman–Crippen LogP) is 3.36. The molecule has 0 spiro atoms. The van der Waals surface area contributed by atoms with Crippen LogP contribution in [0.1, 0.15) is 19.4 Å². The molecule has 1 N–H and O–H groups in total. The van der Waals surface area contributed by atoms with Crippen LogP contribution in [0.3, 0.4) is 0 Å². The third kappa shape index (κ3) is 2.02. The monoisotopic (exact) mass is 300 g/mol. The summed E-state index contributed by atoms with van der Waals surface area (Å²) in [4.78, 5) is 12.6. The first kappa shape index (κ1) is 15.2. The quantitative estimate of drug-likeness (QED) is 0.626. The number of nitrogens with zero attached hydrogens (tertiary/aromatic N) is 1. The van der Waals surface area contributed by atoms with Gasteiger partial charge in [-0.05, 0) is 24.1 Å². The van der Waals surface area contributed by atoms with Crippen molar-refractivity contribution in [2.45, 2.75) is 25.6 Å². The van der Waals surface area contributed by atoms with Crippen LogP contribution in [0.5, 0.6) is 0 Å². The van der Waals surface area contributed by atoms with Gasteiger partial charge < -0.3 is 5.32 Å². The smallest absolute Gasteiger partial charge is 0.318 e. The van der Waals surface area contributed by atoms with E-state index < -0.39 is 35.0 Å². The molecule has 1 aliphatic rings. The number of amides is 2. The molecule has 3 nitrogen and oxygen atoms in total. The molecule has 1 aromatic carbocycles. The number of rotatable bonds is 1. The van der Waals surface area contributed by atoms with Crippen LogP contribution in [-0.4, -0.2) is 12.2 Å². The number of hydrogen-bond acceptors (Lipinski definition) is 1. The predicted molar refractivity (Wildman–Crippen MR) is 68.8 cm³/mol. The van der Waals surface area contributed by atoms with Gasteiger partial charge in [-0.1, -0.05) is 20.3 Å². The van der Waals surface area contributed by atoms with Crippen molar-refractivity contribution >= 4 is 11.7 Å². The number of halogens is 4. The third-order valence-corrected chi connectivity index (χ3v) is 3.57. The summed E-state index contributed by atoms with van der Waals surface area (Å²) >= 11 is 0. The Bertz CT molecular complexity index is 633. The van der Waals surface area contributed by atoms with Crippen molar-refractivity contribution in [3.63, 3.8) is 0 Å². The maximum Gasteiger partial charge on any atom is 0.416 e. The van der Waals surface area contributed by atoms with Crippen LogP contribution in [0.15, 0.2) is 18.2 Å². The van der Waals surface area contributed by atoms with Gasteiger partial charge in [-0.15, -0.1) is 0 Å². The topological polar surface area (TPSA) is 32.3 Å². The molecule has 1 heterocycles. The van der Waals surface area contributed by atoms with E-state index in [1.807, 2.05) is 11.4 Å². The summed E-state index contributed by atoms with van der Waals surface area (Å²) in [6.07, 6.45) is 0.355. The maximum atomic E-state index is 13.7. The Hall–Kier alpha value is -2.23. The second kappa shape index (κ2) is 4.65. The number of nitrogens with one attached hydrogen (secondary N) is 1. The molecule has 0 radical (unpaired) electrons. The largest absolute Gasteiger partial charge is 0.416 e. The van der Waals surface area contributed by atoms with E-state index in [-0.39, 0.29) is 5.69 Å². The first-order valence-electron chi connectivity index (χ1n) is 6.10. The number of carbonyl (C=O) groups is 1. The van der Waals surface area contributed by atoms with E-state index in [1.54, 1.807) is 0 Å². The van der Waals surface area contributed by atoms with Gasteiger partial charge in [-0.25, -0.2) is 14.1 Å². The summed E-state index contributed by atoms with van der Waals surface area (Å²) < 4.78 is 54.4. The molecule has 1 atom stereocenters. The van der Waals surface area contributed by atoms with Crippen LogP contribution in [0.25, 0.3) is 0 Å². The fraction of sp³-hybridized carbons (Fsp3) is 0.357. The van der Waals surface area contributed by atoms with Gasteiger partial charge in [0.05, 0.1) is 5.69 Å². The van der Waals surface area contributed by atoms with Gasteiger partial charge in [-0.3, -0.25) is 0 Å². The highest BCUT2D eigenvalue weighted by atomic mass is 19.4. The second-order valence-corrected chi connectivity index (χ2v) is 5.02. The average molecular weight is 300 g/mol. The normalized spacial score (nSPS) is 21.8. The van der Waals surface area contributed by atoms with Crippen molar-refractivity contribution in [1.29, 1.82) is 0 Å². The zero-order valence-electron chi connectivity index (χ0n) is 11.3. The number of alkyl halides is 3. The van der Waals surface area contributed by atoms with Gasteiger partial charge in [0.15, 0.2) is 5.54 Å². The zero-order valence-corrected chi connectivity index (χ0v) is 11.3. The number of benzene rings is 1. The molecule has 0 bridgehead atoms. The lowest BCUT2D eigenvalue weighted by Crippen LogP contribution is -2.64. The molecular formula is C14H12F4N2O. The molecule has 0 saturated carbocycles. The minimum atomic E-state index is -4.81. The zero-order chi connectivity index (χ0) is 16.0. The van der Waals surface area contributed by atoms with Crippen molar-refractivity contribution in [1.82, 2.24) is 5.32 Å². The Balaban J connectivity index is 2.84. The van der Waals surface area contributed by atoms with E-state index in [2.05, 4.69) is 0 Å². The Morgan fingerprint density at radius 1 is 1.38 bits per heavy atom. The molecule has 2 rings (SSSR count). The fourth-order valence-corrected chi connectivity index (χ4v) is 2.55. The second-order valence-electron chi connectivity index (χ2n) is 5.02. The molecule has 21 heavy (non-hydrogen) atoms. The number of hydrogen-bond donors (Lipinski definition) is 1. The molecular weight excluding hydrogens is 288 g/mol. The van der Waals surface area contributed by atoms with E-state index in [0.29, 0.717) is 4.90 Å². The Labute approximate surface area is 118 Å². The molecule has 0 aliphatic carbocycles. The van der Waals surface area contributed by atoms with Gasteiger partial charge in [0, 0.05) is 11.6 Å². The first-order valence-corrected chi connectivity index (χ1v) is 6.10. The molecule has 1 aromatic rings. The van der Waals surface area contributed by atoms with Gasteiger partial charge in [0.1, 0.15) is 5.82 Å². The molecule has 0 fully saturated rings. The summed E-state index contributed by atoms with van der Waals surface area (Å²) in [6, 6.07) is 3.72. The van der Waals surface area contributed by atoms with Gasteiger partial charge in [0.2, 0.25) is 0 Å². The minimum absolute atomic E-state index is 0.145. The Kier molecular flexibility index (Phi) is 3.36. The Morgan fingerprint density at radius 2 is 2.00 bits per heavy atom. The number of terminal acetylenes is 1. The summed E-state index contributed by atoms with van der Waals surface area (Å²) in [6.45, 7) is 2.60. The van der Waals surface area contributed by atoms with Crippen LogP contribution in [0.2, 0.25) is 0 Å². The van der Waals surface area contributed by atoms with Crippen LogP contribution in [0, 0.1) is 24.2 Å². The van der Waals surface area contributed by atoms with E-state index in [1.165, 1.54) is 13.8 Å². The molecule has 112 valence electrons. The van der Waals surface area contributed by atoms with Gasteiger partial charge in [-0.2, -0.15) is 13.2 Å². The summed E-state index contributed by atoms with van der Waals surface area (Å²) in [5.74, 6) is -1.89. The van der Waals surface area contributed by atoms with E-state index in [0.717, 1.165) is 18.2 Å². The summed E-state index contributed by atoms with van der Waals surface area (Å²) in [5.41, 5.74) is -3.23. The van der Waals surface area contributed by atoms with Crippen molar-refractivity contribution in [3.8, 4) is 12.5 Å². The van der Waals surface area contributed by atoms with E-state index in [4.69, 9.17) is 6.42 Å². The molecule has 1 unspecified atom stereocenters. The van der Waals surface area contributed by atoms with E-state index >= 15 is 0 Å². The number of carbonyl (C=O) groups excluding carboxylic acids is 1. The fourth-order valence-electron chi connectivity index (χ4n) is 2.55. The first-order chi connectivity index (χ1) is 9.65. The minimum Gasteiger partial charge on any atom is -0.318 e. The Morgan fingerprint density at radius 3 is 2.48 bits per heavy atom. The summed E-state index contributed by atoms with van der Waals surface area (Å²) in [5, 5.41) is 1.91. The SMILES string of the molecule is C#CN1C(=O)NC(C(C)C)(C(F)(F)F)c2cc(F)ccc21. The lowest BCUT2D eigenvalue weighted by molar-refractivity contribution is -0.211. The van der Waals surface area contributed by atoms with Crippen LogP contribution in [0.4, 0.5) is 28.0 Å². The highest BCUT2D eigenvalue weighted by Crippen LogP contribution is 2.49. The van der Waals surface area contributed by atoms with Crippen molar-refractivity contribution in [2.75, 3.05) is 4.90 Å². The lowest BCUT2D eigenvalue weighted by Gasteiger charge is -2.45. The number of fused-ring (bicyclic) bond motifs is 1. The highest BCUT2D eigenvalue weighted by Gasteiger charge is 2.62. The van der Waals surface area contributed by atoms with Crippen LogP contribution >= 0.6 is 0 Å². The molecule has 7 heteroatoms.